The highest BCUT2D eigenvalue weighted by atomic mass is 19.1. The highest BCUT2D eigenvalue weighted by Gasteiger charge is 2.12. The van der Waals surface area contributed by atoms with Crippen LogP contribution in [0.15, 0.2) is 18.2 Å². The molecule has 3 nitrogen and oxygen atoms in total. The summed E-state index contributed by atoms with van der Waals surface area (Å²) in [5, 5.41) is 10.1. The lowest BCUT2D eigenvalue weighted by Crippen LogP contribution is -1.97. The average molecular weight is 235 g/mol. The van der Waals surface area contributed by atoms with E-state index < -0.39 is 11.9 Å². The number of aryl methyl sites for hydroxylation is 1. The Morgan fingerprint density at radius 2 is 2.06 bits per heavy atom. The number of nitrogens with zero attached hydrogens (tertiary/aromatic N) is 1. The molecule has 1 unspecified atom stereocenters. The largest absolute Gasteiger partial charge is 0.496 e. The number of methoxy groups -OCH3 is 1. The number of hydrogen-bond acceptors (Lipinski definition) is 3. The molecule has 0 aliphatic carbocycles. The summed E-state index contributed by atoms with van der Waals surface area (Å²) in [7, 11) is 1.53. The van der Waals surface area contributed by atoms with Gasteiger partial charge < -0.3 is 9.84 Å². The fraction of sp³-hybridized carbons (Fsp3) is 0.308. The van der Waals surface area contributed by atoms with E-state index in [0.717, 1.165) is 0 Å². The van der Waals surface area contributed by atoms with Gasteiger partial charge in [-0.05, 0) is 31.5 Å². The first-order chi connectivity index (χ1) is 8.02. The summed E-state index contributed by atoms with van der Waals surface area (Å²) in [4.78, 5) is 4.15. The molecule has 1 aromatic carbocycles. The van der Waals surface area contributed by atoms with Gasteiger partial charge >= 0.3 is 0 Å². The Labute approximate surface area is 98.9 Å². The standard InChI is InChI=1S/C13H14FNO2/c1-7-4-12(17-3)10-5-9(8(2)16)6-11(14)13(10)15-7/h4-6,8,16H,1-3H3. The molecule has 1 atom stereocenters. The minimum atomic E-state index is -0.722. The van der Waals surface area contributed by atoms with Gasteiger partial charge in [0.2, 0.25) is 0 Å². The Hall–Kier alpha value is -1.68. The SMILES string of the molecule is COc1cc(C)nc2c(F)cc(C(C)O)cc12. The molecule has 0 saturated heterocycles. The summed E-state index contributed by atoms with van der Waals surface area (Å²) in [6.07, 6.45) is -0.722. The number of fused-ring (bicyclic) bond motifs is 1. The van der Waals surface area contributed by atoms with Crippen LogP contribution in [0.25, 0.3) is 10.9 Å². The highest BCUT2D eigenvalue weighted by molar-refractivity contribution is 5.86. The van der Waals surface area contributed by atoms with Gasteiger partial charge in [-0.1, -0.05) is 0 Å². The maximum Gasteiger partial charge on any atom is 0.149 e. The Morgan fingerprint density at radius 1 is 1.35 bits per heavy atom. The number of aromatic nitrogens is 1. The van der Waals surface area contributed by atoms with Crippen LogP contribution in [-0.2, 0) is 0 Å². The molecule has 90 valence electrons. The normalized spacial score (nSPS) is 12.8. The van der Waals surface area contributed by atoms with Gasteiger partial charge in [-0.15, -0.1) is 0 Å². The minimum absolute atomic E-state index is 0.270. The lowest BCUT2D eigenvalue weighted by molar-refractivity contribution is 0.199. The van der Waals surface area contributed by atoms with Crippen LogP contribution in [0.5, 0.6) is 5.75 Å². The molecule has 1 aromatic heterocycles. The fourth-order valence-corrected chi connectivity index (χ4v) is 1.81. The van der Waals surface area contributed by atoms with Crippen molar-refractivity contribution in [2.24, 2.45) is 0 Å². The van der Waals surface area contributed by atoms with Crippen molar-refractivity contribution in [1.29, 1.82) is 0 Å². The third-order valence-electron chi connectivity index (χ3n) is 2.68. The van der Waals surface area contributed by atoms with E-state index in [1.54, 1.807) is 26.0 Å². The molecule has 1 N–H and O–H groups in total. The predicted octanol–water partition coefficient (Wildman–Crippen LogP) is 2.74. The van der Waals surface area contributed by atoms with Crippen LogP contribution in [0, 0.1) is 12.7 Å². The third kappa shape index (κ3) is 2.08. The van der Waals surface area contributed by atoms with Crippen LogP contribution < -0.4 is 4.74 Å². The molecule has 0 aliphatic rings. The number of pyridine rings is 1. The van der Waals surface area contributed by atoms with Gasteiger partial charge in [0, 0.05) is 17.1 Å². The lowest BCUT2D eigenvalue weighted by atomic mass is 10.1. The van der Waals surface area contributed by atoms with Crippen molar-refractivity contribution in [2.75, 3.05) is 7.11 Å². The van der Waals surface area contributed by atoms with Gasteiger partial charge in [0.25, 0.3) is 0 Å². The molecule has 4 heteroatoms. The number of rotatable bonds is 2. The van der Waals surface area contributed by atoms with Crippen molar-refractivity contribution in [3.05, 3.63) is 35.3 Å². The van der Waals surface area contributed by atoms with Crippen LogP contribution in [0.4, 0.5) is 4.39 Å². The number of benzene rings is 1. The highest BCUT2D eigenvalue weighted by Crippen LogP contribution is 2.30. The van der Waals surface area contributed by atoms with Crippen molar-refractivity contribution in [3.8, 4) is 5.75 Å². The Bertz CT molecular complexity index is 567. The summed E-state index contributed by atoms with van der Waals surface area (Å²) in [6.45, 7) is 3.37. The summed E-state index contributed by atoms with van der Waals surface area (Å²) in [5.74, 6) is 0.120. The number of ether oxygens (including phenoxy) is 1. The van der Waals surface area contributed by atoms with E-state index in [1.165, 1.54) is 13.2 Å². The van der Waals surface area contributed by atoms with Crippen molar-refractivity contribution < 1.29 is 14.2 Å². The van der Waals surface area contributed by atoms with E-state index in [1.807, 2.05) is 0 Å². The topological polar surface area (TPSA) is 42.4 Å². The van der Waals surface area contributed by atoms with Crippen LogP contribution in [-0.4, -0.2) is 17.2 Å². The monoisotopic (exact) mass is 235 g/mol. The van der Waals surface area contributed by atoms with E-state index in [2.05, 4.69) is 4.98 Å². The van der Waals surface area contributed by atoms with E-state index >= 15 is 0 Å². The van der Waals surface area contributed by atoms with Gasteiger partial charge in [0.1, 0.15) is 17.1 Å². The average Bonchev–Trinajstić information content (AvgIpc) is 2.28. The second kappa shape index (κ2) is 4.30. The van der Waals surface area contributed by atoms with Crippen molar-refractivity contribution >= 4 is 10.9 Å². The van der Waals surface area contributed by atoms with Gasteiger partial charge in [-0.25, -0.2) is 9.37 Å². The molecular formula is C13H14FNO2. The second-order valence-corrected chi connectivity index (χ2v) is 4.04. The van der Waals surface area contributed by atoms with Gasteiger partial charge in [-0.2, -0.15) is 0 Å². The molecule has 0 saturated carbocycles. The molecule has 17 heavy (non-hydrogen) atoms. The summed E-state index contributed by atoms with van der Waals surface area (Å²) >= 11 is 0. The Morgan fingerprint density at radius 3 is 2.65 bits per heavy atom. The predicted molar refractivity (Wildman–Crippen MR) is 63.6 cm³/mol. The van der Waals surface area contributed by atoms with Crippen LogP contribution in [0.2, 0.25) is 0 Å². The maximum absolute atomic E-state index is 13.9. The van der Waals surface area contributed by atoms with Gasteiger partial charge in [-0.3, -0.25) is 0 Å². The lowest BCUT2D eigenvalue weighted by Gasteiger charge is -2.11. The Kier molecular flexibility index (Phi) is 2.98. The number of hydrogen-bond donors (Lipinski definition) is 1. The first-order valence-corrected chi connectivity index (χ1v) is 5.35. The van der Waals surface area contributed by atoms with E-state index in [-0.39, 0.29) is 5.52 Å². The molecule has 0 radical (unpaired) electrons. The van der Waals surface area contributed by atoms with Gasteiger partial charge in [0.15, 0.2) is 0 Å². The maximum atomic E-state index is 13.9. The van der Waals surface area contributed by atoms with E-state index in [9.17, 15) is 9.50 Å². The second-order valence-electron chi connectivity index (χ2n) is 4.04. The van der Waals surface area contributed by atoms with E-state index in [0.29, 0.717) is 22.4 Å². The number of aliphatic hydroxyl groups excluding tert-OH is 1. The zero-order valence-electron chi connectivity index (χ0n) is 9.99. The molecule has 0 bridgehead atoms. The molecule has 2 aromatic rings. The smallest absolute Gasteiger partial charge is 0.149 e. The van der Waals surface area contributed by atoms with Crippen molar-refractivity contribution in [2.45, 2.75) is 20.0 Å². The summed E-state index contributed by atoms with van der Waals surface area (Å²) in [6, 6.07) is 4.75. The van der Waals surface area contributed by atoms with E-state index in [4.69, 9.17) is 4.74 Å². The zero-order chi connectivity index (χ0) is 12.6. The van der Waals surface area contributed by atoms with Gasteiger partial charge in [0.05, 0.1) is 13.2 Å². The molecule has 0 fully saturated rings. The molecule has 0 spiro atoms. The van der Waals surface area contributed by atoms with Crippen molar-refractivity contribution in [1.82, 2.24) is 4.98 Å². The third-order valence-corrected chi connectivity index (χ3v) is 2.68. The Balaban J connectivity index is 2.81. The van der Waals surface area contributed by atoms with Crippen molar-refractivity contribution in [3.63, 3.8) is 0 Å². The molecule has 0 aliphatic heterocycles. The summed E-state index contributed by atoms with van der Waals surface area (Å²) < 4.78 is 19.1. The number of aliphatic hydroxyl groups is 1. The molecule has 0 amide bonds. The fourth-order valence-electron chi connectivity index (χ4n) is 1.81. The summed E-state index contributed by atoms with van der Waals surface area (Å²) in [5.41, 5.74) is 1.48. The first-order valence-electron chi connectivity index (χ1n) is 5.35. The molecule has 1 heterocycles. The molecule has 2 rings (SSSR count). The van der Waals surface area contributed by atoms with Crippen LogP contribution >= 0.6 is 0 Å². The van der Waals surface area contributed by atoms with Crippen LogP contribution in [0.3, 0.4) is 0 Å². The first kappa shape index (κ1) is 11.8. The number of halogens is 1. The van der Waals surface area contributed by atoms with Crippen LogP contribution in [0.1, 0.15) is 24.3 Å². The molecular weight excluding hydrogens is 221 g/mol. The minimum Gasteiger partial charge on any atom is -0.496 e. The quantitative estimate of drug-likeness (QED) is 0.870. The zero-order valence-corrected chi connectivity index (χ0v) is 9.99.